The van der Waals surface area contributed by atoms with Crippen LogP contribution in [0.5, 0.6) is 0 Å². The molecule has 32 heavy (non-hydrogen) atoms. The Morgan fingerprint density at radius 2 is 1.72 bits per heavy atom. The van der Waals surface area contributed by atoms with Gasteiger partial charge in [0.1, 0.15) is 13.7 Å². The van der Waals surface area contributed by atoms with Crippen molar-refractivity contribution in [3.63, 3.8) is 0 Å². The molecular weight excluding hydrogens is 449 g/mol. The number of hydrogen-bond donors (Lipinski definition) is 1. The van der Waals surface area contributed by atoms with Crippen molar-refractivity contribution in [1.29, 1.82) is 0 Å². The molecule has 0 saturated heterocycles. The average Bonchev–Trinajstić information content (AvgIpc) is 3.62. The van der Waals surface area contributed by atoms with Crippen molar-refractivity contribution in [3.8, 4) is 0 Å². The lowest BCUT2D eigenvalue weighted by Crippen LogP contribution is -2.29. The van der Waals surface area contributed by atoms with Gasteiger partial charge in [0, 0.05) is 35.9 Å². The van der Waals surface area contributed by atoms with Crippen LogP contribution in [0.25, 0.3) is 0 Å². The molecule has 0 bridgehead atoms. The minimum absolute atomic E-state index is 0.184. The van der Waals surface area contributed by atoms with Crippen LogP contribution < -0.4 is 5.32 Å². The summed E-state index contributed by atoms with van der Waals surface area (Å²) in [7, 11) is 2.95. The molecule has 3 rings (SSSR count). The summed E-state index contributed by atoms with van der Waals surface area (Å²) in [5.74, 6) is 1.24. The van der Waals surface area contributed by atoms with Crippen molar-refractivity contribution >= 4 is 40.5 Å². The topological polar surface area (TPSA) is 72.3 Å². The summed E-state index contributed by atoms with van der Waals surface area (Å²) >= 11 is 12.3. The number of rotatable bonds is 10. The van der Waals surface area contributed by atoms with Crippen LogP contribution in [-0.2, 0) is 32.8 Å². The van der Waals surface area contributed by atoms with Gasteiger partial charge >= 0.3 is 0 Å². The predicted octanol–water partition coefficient (Wildman–Crippen LogP) is 4.96. The van der Waals surface area contributed by atoms with Crippen LogP contribution in [0.4, 0.5) is 0 Å². The molecule has 0 radical (unpaired) electrons. The van der Waals surface area contributed by atoms with Crippen LogP contribution in [0.15, 0.2) is 52.8 Å². The molecule has 8 heteroatoms. The Kier molecular flexibility index (Phi) is 8.53. The lowest BCUT2D eigenvalue weighted by Gasteiger charge is -2.12. The molecule has 2 atom stereocenters. The Morgan fingerprint density at radius 1 is 1.06 bits per heavy atom. The standard InChI is InChI=1S/C24H27Cl2N3O3/c1-15(20-11-21(20)22-16(12-25)8-6-9-17(22)13-26)28-32-14-18-7-4-5-10-19(18)23(29-31-3)24(30)27-2/h4-10,20-21H,11-14H2,1-3H3,(H,27,30). The minimum Gasteiger partial charge on any atom is -0.398 e. The number of alkyl halides is 2. The second-order valence-electron chi connectivity index (χ2n) is 7.57. The Balaban J connectivity index is 1.71. The monoisotopic (exact) mass is 475 g/mol. The summed E-state index contributed by atoms with van der Waals surface area (Å²) < 4.78 is 0. The number of nitrogens with one attached hydrogen (secondary N) is 1. The van der Waals surface area contributed by atoms with Gasteiger partial charge in [-0.3, -0.25) is 4.79 Å². The Labute approximate surface area is 198 Å². The number of carbonyl (C=O) groups excluding carboxylic acids is 1. The summed E-state index contributed by atoms with van der Waals surface area (Å²) in [6, 6.07) is 13.5. The van der Waals surface area contributed by atoms with E-state index in [2.05, 4.69) is 27.8 Å². The van der Waals surface area contributed by atoms with Gasteiger partial charge in [0.15, 0.2) is 5.71 Å². The van der Waals surface area contributed by atoms with Crippen molar-refractivity contribution in [3.05, 3.63) is 70.3 Å². The van der Waals surface area contributed by atoms with Crippen molar-refractivity contribution in [1.82, 2.24) is 5.32 Å². The van der Waals surface area contributed by atoms with Gasteiger partial charge in [-0.15, -0.1) is 23.2 Å². The number of benzene rings is 2. The van der Waals surface area contributed by atoms with Gasteiger partial charge in [-0.05, 0) is 36.0 Å². The molecule has 0 spiro atoms. The average molecular weight is 476 g/mol. The van der Waals surface area contributed by atoms with E-state index in [0.29, 0.717) is 29.2 Å². The van der Waals surface area contributed by atoms with Gasteiger partial charge in [0.2, 0.25) is 0 Å². The molecular formula is C24H27Cl2N3O3. The fraction of sp³-hybridized carbons (Fsp3) is 0.375. The Bertz CT molecular complexity index is 1000. The molecule has 2 unspecified atom stereocenters. The maximum absolute atomic E-state index is 12.2. The molecule has 2 aromatic carbocycles. The highest BCUT2D eigenvalue weighted by molar-refractivity contribution is 6.45. The number of hydrogen-bond acceptors (Lipinski definition) is 5. The number of oxime groups is 2. The summed E-state index contributed by atoms with van der Waals surface area (Å²) in [4.78, 5) is 22.7. The van der Waals surface area contributed by atoms with E-state index in [1.165, 1.54) is 12.7 Å². The van der Waals surface area contributed by atoms with Gasteiger partial charge in [0.05, 0.1) is 5.71 Å². The summed E-state index contributed by atoms with van der Waals surface area (Å²) in [5, 5.41) is 10.8. The normalized spacial score (nSPS) is 18.3. The molecule has 0 aliphatic heterocycles. The number of halogens is 2. The third-order valence-corrected chi connectivity index (χ3v) is 6.17. The van der Waals surface area contributed by atoms with Crippen molar-refractivity contribution in [2.75, 3.05) is 14.2 Å². The van der Waals surface area contributed by atoms with E-state index in [0.717, 1.165) is 28.8 Å². The third kappa shape index (κ3) is 5.43. The van der Waals surface area contributed by atoms with Gasteiger partial charge in [-0.1, -0.05) is 52.8 Å². The molecule has 170 valence electrons. The highest BCUT2D eigenvalue weighted by atomic mass is 35.5. The van der Waals surface area contributed by atoms with Crippen LogP contribution in [0, 0.1) is 5.92 Å². The van der Waals surface area contributed by atoms with E-state index in [9.17, 15) is 4.79 Å². The zero-order chi connectivity index (χ0) is 23.1. The number of amides is 1. The van der Waals surface area contributed by atoms with E-state index in [4.69, 9.17) is 32.9 Å². The maximum atomic E-state index is 12.2. The van der Waals surface area contributed by atoms with Crippen molar-refractivity contribution in [2.24, 2.45) is 16.2 Å². The molecule has 2 aromatic rings. The van der Waals surface area contributed by atoms with Gasteiger partial charge in [0.25, 0.3) is 5.91 Å². The largest absolute Gasteiger partial charge is 0.398 e. The zero-order valence-electron chi connectivity index (χ0n) is 18.4. The van der Waals surface area contributed by atoms with Crippen LogP contribution in [0.2, 0.25) is 0 Å². The first-order chi connectivity index (χ1) is 15.5. The molecule has 0 heterocycles. The quantitative estimate of drug-likeness (QED) is 0.300. The SMILES string of the molecule is CNC(=O)C(=NOC)c1ccccc1CON=C(C)C1CC1c1c(CCl)cccc1CCl. The van der Waals surface area contributed by atoms with Gasteiger partial charge in [-0.25, -0.2) is 0 Å². The minimum atomic E-state index is -0.340. The zero-order valence-corrected chi connectivity index (χ0v) is 19.9. The molecule has 0 aromatic heterocycles. The van der Waals surface area contributed by atoms with E-state index in [-0.39, 0.29) is 18.2 Å². The number of likely N-dealkylation sites (N-methyl/N-ethyl adjacent to an activating group) is 1. The van der Waals surface area contributed by atoms with E-state index in [1.807, 2.05) is 31.2 Å². The molecule has 1 amide bonds. The first-order valence-corrected chi connectivity index (χ1v) is 11.4. The number of carbonyl (C=O) groups is 1. The highest BCUT2D eigenvalue weighted by Gasteiger charge is 2.42. The highest BCUT2D eigenvalue weighted by Crippen LogP contribution is 2.51. The number of nitrogens with zero attached hydrogens (tertiary/aromatic N) is 2. The maximum Gasteiger partial charge on any atom is 0.273 e. The van der Waals surface area contributed by atoms with Crippen molar-refractivity contribution in [2.45, 2.75) is 37.6 Å². The van der Waals surface area contributed by atoms with E-state index in [1.54, 1.807) is 13.1 Å². The lowest BCUT2D eigenvalue weighted by atomic mass is 9.97. The van der Waals surface area contributed by atoms with Gasteiger partial charge in [-0.2, -0.15) is 0 Å². The fourth-order valence-corrected chi connectivity index (χ4v) is 4.39. The van der Waals surface area contributed by atoms with Gasteiger partial charge < -0.3 is 15.0 Å². The first-order valence-electron chi connectivity index (χ1n) is 10.4. The Hall–Kier alpha value is -2.57. The second-order valence-corrected chi connectivity index (χ2v) is 8.11. The van der Waals surface area contributed by atoms with Crippen LogP contribution >= 0.6 is 23.2 Å². The molecule has 1 saturated carbocycles. The predicted molar refractivity (Wildman–Crippen MR) is 128 cm³/mol. The van der Waals surface area contributed by atoms with E-state index >= 15 is 0 Å². The first kappa shape index (κ1) is 24.1. The molecule has 1 aliphatic carbocycles. The summed E-state index contributed by atoms with van der Waals surface area (Å²) in [6.07, 6.45) is 0.994. The van der Waals surface area contributed by atoms with Crippen molar-refractivity contribution < 1.29 is 14.5 Å². The summed E-state index contributed by atoms with van der Waals surface area (Å²) in [5.41, 5.74) is 6.02. The molecule has 1 N–H and O–H groups in total. The molecule has 1 aliphatic rings. The van der Waals surface area contributed by atoms with Crippen LogP contribution in [0.3, 0.4) is 0 Å². The third-order valence-electron chi connectivity index (χ3n) is 5.60. The van der Waals surface area contributed by atoms with Crippen LogP contribution in [0.1, 0.15) is 47.1 Å². The lowest BCUT2D eigenvalue weighted by molar-refractivity contribution is -0.114. The molecule has 6 nitrogen and oxygen atoms in total. The summed E-state index contributed by atoms with van der Waals surface area (Å²) in [6.45, 7) is 2.18. The molecule has 1 fully saturated rings. The Morgan fingerprint density at radius 3 is 2.34 bits per heavy atom. The van der Waals surface area contributed by atoms with E-state index < -0.39 is 0 Å². The fourth-order valence-electron chi connectivity index (χ4n) is 3.92. The second kappa shape index (κ2) is 11.3. The van der Waals surface area contributed by atoms with Crippen LogP contribution in [-0.4, -0.2) is 31.5 Å². The smallest absolute Gasteiger partial charge is 0.273 e.